The van der Waals surface area contributed by atoms with Gasteiger partial charge in [-0.1, -0.05) is 19.3 Å². The van der Waals surface area contributed by atoms with Crippen LogP contribution in [0.25, 0.3) is 0 Å². The third kappa shape index (κ3) is 5.71. The molecule has 0 unspecified atom stereocenters. The smallest absolute Gasteiger partial charge is 0.356 e. The highest BCUT2D eigenvalue weighted by atomic mass is 19.4. The molecule has 38 heavy (non-hydrogen) atoms. The molecule has 3 aliphatic heterocycles. The van der Waals surface area contributed by atoms with Gasteiger partial charge in [-0.15, -0.1) is 0 Å². The third-order valence-electron chi connectivity index (χ3n) is 8.27. The van der Waals surface area contributed by atoms with Gasteiger partial charge in [0.1, 0.15) is 18.1 Å². The summed E-state index contributed by atoms with van der Waals surface area (Å²) in [7, 11) is 0. The Kier molecular flexibility index (Phi) is 7.86. The number of fused-ring (bicyclic) bond motifs is 3. The Balaban J connectivity index is 1.58. The Bertz CT molecular complexity index is 1010. The molecule has 2 bridgehead atoms. The lowest BCUT2D eigenvalue weighted by Crippen LogP contribution is -2.71. The summed E-state index contributed by atoms with van der Waals surface area (Å²) in [5, 5.41) is 16.3. The number of rotatable bonds is 8. The normalized spacial score (nSPS) is 30.0. The Morgan fingerprint density at radius 1 is 1.11 bits per heavy atom. The lowest BCUT2D eigenvalue weighted by atomic mass is 9.71. The molecule has 0 radical (unpaired) electrons. The fourth-order valence-electron chi connectivity index (χ4n) is 6.08. The number of hydrogen-bond donors (Lipinski definition) is 3. The van der Waals surface area contributed by atoms with Crippen LogP contribution in [-0.4, -0.2) is 71.3 Å². The molecule has 9 nitrogen and oxygen atoms in total. The van der Waals surface area contributed by atoms with Gasteiger partial charge in [0.15, 0.2) is 0 Å². The highest BCUT2D eigenvalue weighted by molar-refractivity contribution is 5.94. The number of halogens is 5. The van der Waals surface area contributed by atoms with Crippen molar-refractivity contribution < 1.29 is 41.1 Å². The summed E-state index contributed by atoms with van der Waals surface area (Å²) in [6.45, 7) is 0.405. The van der Waals surface area contributed by atoms with Crippen LogP contribution in [0.5, 0.6) is 0 Å². The molecule has 5 fully saturated rings. The second-order valence-electron chi connectivity index (χ2n) is 10.8. The molecule has 0 aromatic rings. The molecule has 0 aromatic heterocycles. The van der Waals surface area contributed by atoms with Gasteiger partial charge < -0.3 is 20.9 Å². The van der Waals surface area contributed by atoms with Crippen LogP contribution in [0.15, 0.2) is 0 Å². The van der Waals surface area contributed by atoms with Crippen LogP contribution in [-0.2, 0) is 19.2 Å². The van der Waals surface area contributed by atoms with Crippen LogP contribution in [0.2, 0.25) is 0 Å². The summed E-state index contributed by atoms with van der Waals surface area (Å²) < 4.78 is 68.9. The van der Waals surface area contributed by atoms with Crippen LogP contribution < -0.4 is 16.0 Å². The first-order valence-electron chi connectivity index (χ1n) is 12.9. The van der Waals surface area contributed by atoms with Crippen molar-refractivity contribution in [1.29, 1.82) is 5.26 Å². The molecule has 4 amide bonds. The molecule has 2 aliphatic carbocycles. The van der Waals surface area contributed by atoms with Crippen molar-refractivity contribution in [2.24, 2.45) is 17.8 Å². The second-order valence-corrected chi connectivity index (χ2v) is 10.8. The van der Waals surface area contributed by atoms with E-state index in [2.05, 4.69) is 10.6 Å². The minimum Gasteiger partial charge on any atom is -0.356 e. The van der Waals surface area contributed by atoms with Gasteiger partial charge in [0.2, 0.25) is 17.7 Å². The van der Waals surface area contributed by atoms with Gasteiger partial charge in [-0.25, -0.2) is 8.78 Å². The Morgan fingerprint density at radius 3 is 2.34 bits per heavy atom. The fourth-order valence-corrected chi connectivity index (χ4v) is 6.08. The minimum absolute atomic E-state index is 0.0504. The number of nitrogens with one attached hydrogen (secondary N) is 3. The number of alkyl halides is 5. The summed E-state index contributed by atoms with van der Waals surface area (Å²) in [6.07, 6.45) is -3.56. The van der Waals surface area contributed by atoms with Crippen molar-refractivity contribution in [3.8, 4) is 6.07 Å². The lowest BCUT2D eigenvalue weighted by Gasteiger charge is -2.54. The van der Waals surface area contributed by atoms with E-state index in [1.807, 2.05) is 6.07 Å². The van der Waals surface area contributed by atoms with Gasteiger partial charge in [0, 0.05) is 24.9 Å². The van der Waals surface area contributed by atoms with E-state index in [-0.39, 0.29) is 37.5 Å². The maximum absolute atomic E-state index is 14.9. The van der Waals surface area contributed by atoms with E-state index in [1.165, 1.54) is 0 Å². The van der Waals surface area contributed by atoms with Crippen LogP contribution in [0.1, 0.15) is 57.8 Å². The van der Waals surface area contributed by atoms with Crippen molar-refractivity contribution in [3.05, 3.63) is 0 Å². The highest BCUT2D eigenvalue weighted by Gasteiger charge is 2.61. The van der Waals surface area contributed by atoms with Crippen molar-refractivity contribution in [3.63, 3.8) is 0 Å². The third-order valence-corrected chi connectivity index (χ3v) is 8.27. The minimum atomic E-state index is -5.25. The zero-order chi connectivity index (χ0) is 27.8. The number of amides is 4. The maximum atomic E-state index is 14.9. The zero-order valence-electron chi connectivity index (χ0n) is 20.5. The molecule has 3 heterocycles. The number of hydrogen-bond acceptors (Lipinski definition) is 5. The first-order valence-corrected chi connectivity index (χ1v) is 12.9. The summed E-state index contributed by atoms with van der Waals surface area (Å²) in [5.41, 5.74) is 0. The molecule has 5 aliphatic rings. The molecule has 14 heteroatoms. The van der Waals surface area contributed by atoms with Crippen LogP contribution in [0, 0.1) is 29.1 Å². The van der Waals surface area contributed by atoms with E-state index in [9.17, 15) is 46.4 Å². The number of piperidine rings is 2. The average molecular weight is 548 g/mol. The quantitative estimate of drug-likeness (QED) is 0.399. The summed E-state index contributed by atoms with van der Waals surface area (Å²) in [4.78, 5) is 51.5. The van der Waals surface area contributed by atoms with Gasteiger partial charge in [0.05, 0.1) is 12.0 Å². The van der Waals surface area contributed by atoms with Gasteiger partial charge in [-0.05, 0) is 38.0 Å². The van der Waals surface area contributed by atoms with Gasteiger partial charge >= 0.3 is 12.1 Å². The van der Waals surface area contributed by atoms with E-state index in [1.54, 1.807) is 5.32 Å². The van der Waals surface area contributed by atoms with Crippen LogP contribution in [0.4, 0.5) is 22.0 Å². The van der Waals surface area contributed by atoms with E-state index in [4.69, 9.17) is 0 Å². The van der Waals surface area contributed by atoms with E-state index in [0.717, 1.165) is 11.3 Å². The van der Waals surface area contributed by atoms with Gasteiger partial charge in [-0.2, -0.15) is 18.4 Å². The maximum Gasteiger partial charge on any atom is 0.471 e. The predicted octanol–water partition coefficient (Wildman–Crippen LogP) is 1.77. The monoisotopic (exact) mass is 547 g/mol. The second kappa shape index (κ2) is 10.6. The average Bonchev–Trinajstić information content (AvgIpc) is 3.21. The Hall–Kier alpha value is -2.98. The summed E-state index contributed by atoms with van der Waals surface area (Å²) in [6, 6.07) is -3.83. The lowest BCUT2D eigenvalue weighted by molar-refractivity contribution is -0.196. The van der Waals surface area contributed by atoms with Crippen LogP contribution in [0.3, 0.4) is 0 Å². The topological polar surface area (TPSA) is 131 Å². The zero-order valence-corrected chi connectivity index (χ0v) is 20.5. The molecular weight excluding hydrogens is 517 g/mol. The van der Waals surface area contributed by atoms with E-state index >= 15 is 0 Å². The molecule has 2 saturated carbocycles. The number of carbonyl (C=O) groups is 4. The van der Waals surface area contributed by atoms with E-state index < -0.39 is 72.2 Å². The largest absolute Gasteiger partial charge is 0.471 e. The first-order chi connectivity index (χ1) is 17.8. The van der Waals surface area contributed by atoms with Crippen molar-refractivity contribution in [1.82, 2.24) is 20.9 Å². The first kappa shape index (κ1) is 28.0. The Labute approximate surface area is 215 Å². The molecule has 0 aromatic carbocycles. The molecular formula is C24H30F5N5O4. The summed E-state index contributed by atoms with van der Waals surface area (Å²) >= 11 is 0. The number of carbonyl (C=O) groups excluding carboxylic acids is 4. The molecule has 3 saturated heterocycles. The molecule has 0 spiro atoms. The molecule has 5 rings (SSSR count). The van der Waals surface area contributed by atoms with Crippen molar-refractivity contribution >= 4 is 23.6 Å². The van der Waals surface area contributed by atoms with Crippen LogP contribution >= 0.6 is 0 Å². The van der Waals surface area contributed by atoms with E-state index in [0.29, 0.717) is 25.8 Å². The molecule has 3 N–H and O–H groups in total. The molecule has 210 valence electrons. The number of nitriles is 1. The highest BCUT2D eigenvalue weighted by Crippen LogP contribution is 2.49. The fraction of sp³-hybridized carbons (Fsp3) is 0.792. The predicted molar refractivity (Wildman–Crippen MR) is 120 cm³/mol. The van der Waals surface area contributed by atoms with Gasteiger partial charge in [-0.3, -0.25) is 19.2 Å². The molecule has 6 atom stereocenters. The standard InChI is InChI=1S/C24H30F5N5O4/c25-23(26)10-15-4-5-16(23)18(20(36)32-14(11-30)9-13-6-7-31-19(13)35)34(15)21(37)17(8-12-2-1-3-12)33-22(38)24(27,28)29/h12-18H,1-10H2,(H,31,35)(H,32,36)(H,33,38)/t13-,14-,15+,16+,17+,18-/m0/s1. The van der Waals surface area contributed by atoms with Crippen molar-refractivity contribution in [2.75, 3.05) is 6.54 Å². The summed E-state index contributed by atoms with van der Waals surface area (Å²) in [5.74, 6) is -10.2. The van der Waals surface area contributed by atoms with Gasteiger partial charge in [0.25, 0.3) is 5.92 Å². The Morgan fingerprint density at radius 2 is 1.82 bits per heavy atom. The van der Waals surface area contributed by atoms with Crippen molar-refractivity contribution in [2.45, 2.75) is 94.1 Å². The SMILES string of the molecule is N#C[C@H](C[C@@H]1CCNC1=O)NC(=O)[C@@H]1[C@H]2CC[C@H](CC2(F)F)N1C(=O)[C@@H](CC1CCC1)NC(=O)C(F)(F)F. The number of nitrogens with zero attached hydrogens (tertiary/aromatic N) is 2.